The average molecular weight is 301 g/mol. The summed E-state index contributed by atoms with van der Waals surface area (Å²) in [5, 5.41) is 0.461. The third kappa shape index (κ3) is 4.03. The number of pyridine rings is 1. The lowest BCUT2D eigenvalue weighted by molar-refractivity contribution is 0.226. The molecule has 0 N–H and O–H groups in total. The number of nitrogens with zero attached hydrogens (tertiary/aromatic N) is 2. The minimum atomic E-state index is -2.87. The summed E-state index contributed by atoms with van der Waals surface area (Å²) in [6.07, 6.45) is 4.22. The van der Waals surface area contributed by atoms with Gasteiger partial charge in [-0.15, -0.1) is 6.58 Å². The Morgan fingerprint density at radius 3 is 2.84 bits per heavy atom. The van der Waals surface area contributed by atoms with Gasteiger partial charge in [0, 0.05) is 25.3 Å². The van der Waals surface area contributed by atoms with Gasteiger partial charge in [-0.25, -0.2) is 13.4 Å². The monoisotopic (exact) mass is 300 g/mol. The van der Waals surface area contributed by atoms with E-state index in [1.54, 1.807) is 18.3 Å². The van der Waals surface area contributed by atoms with Crippen molar-refractivity contribution in [1.29, 1.82) is 0 Å². The molecule has 19 heavy (non-hydrogen) atoms. The molecule has 1 atom stereocenters. The molecule has 6 heteroatoms. The fourth-order valence-corrected chi connectivity index (χ4v) is 4.18. The van der Waals surface area contributed by atoms with Crippen LogP contribution in [-0.2, 0) is 16.4 Å². The van der Waals surface area contributed by atoms with Crippen molar-refractivity contribution in [2.24, 2.45) is 0 Å². The Balaban J connectivity index is 2.08. The third-order valence-electron chi connectivity index (χ3n) is 3.26. The summed E-state index contributed by atoms with van der Waals surface area (Å²) in [6, 6.07) is 3.72. The zero-order chi connectivity index (χ0) is 13.9. The summed E-state index contributed by atoms with van der Waals surface area (Å²) in [5.41, 5.74) is 1.02. The van der Waals surface area contributed by atoms with Crippen LogP contribution in [0.1, 0.15) is 12.0 Å². The first-order chi connectivity index (χ1) is 9.00. The molecule has 0 aromatic carbocycles. The summed E-state index contributed by atoms with van der Waals surface area (Å²) in [4.78, 5) is 6.17. The van der Waals surface area contributed by atoms with Gasteiger partial charge in [0.05, 0.1) is 11.5 Å². The van der Waals surface area contributed by atoms with Crippen molar-refractivity contribution < 1.29 is 8.42 Å². The predicted molar refractivity (Wildman–Crippen MR) is 76.9 cm³/mol. The molecule has 1 aromatic heterocycles. The molecule has 0 aliphatic carbocycles. The molecule has 1 aliphatic rings. The quantitative estimate of drug-likeness (QED) is 0.616. The van der Waals surface area contributed by atoms with Crippen LogP contribution in [0, 0.1) is 0 Å². The first kappa shape index (κ1) is 14.5. The Bertz CT molecular complexity index is 542. The molecule has 104 valence electrons. The number of halogens is 1. The van der Waals surface area contributed by atoms with Crippen LogP contribution in [0.2, 0.25) is 5.15 Å². The Morgan fingerprint density at radius 1 is 1.53 bits per heavy atom. The Hall–Kier alpha value is -0.910. The second kappa shape index (κ2) is 6.03. The van der Waals surface area contributed by atoms with Gasteiger partial charge >= 0.3 is 0 Å². The molecule has 1 fully saturated rings. The summed E-state index contributed by atoms with van der Waals surface area (Å²) in [5.74, 6) is 0.520. The Morgan fingerprint density at radius 2 is 2.32 bits per heavy atom. The SMILES string of the molecule is C=CCN(Cc1ccc(Cl)nc1)C1CCS(=O)(=O)C1. The van der Waals surface area contributed by atoms with E-state index in [1.165, 1.54) is 0 Å². The van der Waals surface area contributed by atoms with E-state index in [0.717, 1.165) is 5.56 Å². The summed E-state index contributed by atoms with van der Waals surface area (Å²) in [6.45, 7) is 5.07. The summed E-state index contributed by atoms with van der Waals surface area (Å²) >= 11 is 5.75. The minimum absolute atomic E-state index is 0.0682. The van der Waals surface area contributed by atoms with Gasteiger partial charge in [0.15, 0.2) is 9.84 Å². The second-order valence-electron chi connectivity index (χ2n) is 4.76. The van der Waals surface area contributed by atoms with E-state index in [0.29, 0.717) is 24.7 Å². The number of sulfone groups is 1. The number of hydrogen-bond acceptors (Lipinski definition) is 4. The van der Waals surface area contributed by atoms with Crippen LogP contribution in [-0.4, -0.2) is 42.4 Å². The highest BCUT2D eigenvalue weighted by Crippen LogP contribution is 2.20. The van der Waals surface area contributed by atoms with Crippen molar-refractivity contribution >= 4 is 21.4 Å². The molecule has 0 spiro atoms. The minimum Gasteiger partial charge on any atom is -0.291 e. The summed E-state index contributed by atoms with van der Waals surface area (Å²) in [7, 11) is -2.87. The lowest BCUT2D eigenvalue weighted by atomic mass is 10.2. The highest BCUT2D eigenvalue weighted by molar-refractivity contribution is 7.91. The molecule has 1 saturated heterocycles. The normalized spacial score (nSPS) is 21.7. The molecular formula is C13H17ClN2O2S. The lowest BCUT2D eigenvalue weighted by Crippen LogP contribution is -2.35. The summed E-state index contributed by atoms with van der Waals surface area (Å²) < 4.78 is 23.1. The van der Waals surface area contributed by atoms with Gasteiger partial charge in [-0.2, -0.15) is 0 Å². The standard InChI is InChI=1S/C13H17ClN2O2S/c1-2-6-16(12-5-7-19(17,18)10-12)9-11-3-4-13(14)15-8-11/h2-4,8,12H,1,5-7,9-10H2. The lowest BCUT2D eigenvalue weighted by Gasteiger charge is -2.26. The zero-order valence-corrected chi connectivity index (χ0v) is 12.2. The van der Waals surface area contributed by atoms with E-state index in [9.17, 15) is 8.42 Å². The topological polar surface area (TPSA) is 50.3 Å². The predicted octanol–water partition coefficient (Wildman–Crippen LogP) is 1.91. The Labute approximate surface area is 119 Å². The largest absolute Gasteiger partial charge is 0.291 e. The van der Waals surface area contributed by atoms with Crippen LogP contribution >= 0.6 is 11.6 Å². The van der Waals surface area contributed by atoms with E-state index in [4.69, 9.17) is 11.6 Å². The van der Waals surface area contributed by atoms with Crippen molar-refractivity contribution in [2.75, 3.05) is 18.1 Å². The fraction of sp³-hybridized carbons (Fsp3) is 0.462. The molecular weight excluding hydrogens is 284 g/mol. The molecule has 0 saturated carbocycles. The van der Waals surface area contributed by atoms with Gasteiger partial charge in [-0.05, 0) is 18.1 Å². The fourth-order valence-electron chi connectivity index (χ4n) is 2.31. The maximum Gasteiger partial charge on any atom is 0.151 e. The van der Waals surface area contributed by atoms with Crippen LogP contribution < -0.4 is 0 Å². The maximum atomic E-state index is 11.6. The van der Waals surface area contributed by atoms with Gasteiger partial charge in [0.25, 0.3) is 0 Å². The molecule has 2 rings (SSSR count). The van der Waals surface area contributed by atoms with Crippen LogP contribution in [0.3, 0.4) is 0 Å². The molecule has 0 radical (unpaired) electrons. The molecule has 0 amide bonds. The van der Waals surface area contributed by atoms with Crippen LogP contribution in [0.25, 0.3) is 0 Å². The van der Waals surface area contributed by atoms with E-state index in [-0.39, 0.29) is 17.5 Å². The highest BCUT2D eigenvalue weighted by Gasteiger charge is 2.31. The van der Waals surface area contributed by atoms with Crippen molar-refractivity contribution in [3.05, 3.63) is 41.7 Å². The van der Waals surface area contributed by atoms with Crippen molar-refractivity contribution in [3.8, 4) is 0 Å². The van der Waals surface area contributed by atoms with Crippen molar-refractivity contribution in [2.45, 2.75) is 19.0 Å². The van der Waals surface area contributed by atoms with Crippen molar-refractivity contribution in [1.82, 2.24) is 9.88 Å². The molecule has 4 nitrogen and oxygen atoms in total. The third-order valence-corrected chi connectivity index (χ3v) is 5.24. The van der Waals surface area contributed by atoms with E-state index in [2.05, 4.69) is 16.5 Å². The first-order valence-corrected chi connectivity index (χ1v) is 8.36. The molecule has 0 bridgehead atoms. The van der Waals surface area contributed by atoms with Gasteiger partial charge in [0.2, 0.25) is 0 Å². The van der Waals surface area contributed by atoms with Crippen LogP contribution in [0.4, 0.5) is 0 Å². The van der Waals surface area contributed by atoms with E-state index < -0.39 is 9.84 Å². The van der Waals surface area contributed by atoms with Gasteiger partial charge < -0.3 is 0 Å². The van der Waals surface area contributed by atoms with E-state index in [1.807, 2.05) is 6.07 Å². The van der Waals surface area contributed by atoms with E-state index >= 15 is 0 Å². The molecule has 1 unspecified atom stereocenters. The zero-order valence-electron chi connectivity index (χ0n) is 10.6. The average Bonchev–Trinajstić information content (AvgIpc) is 2.72. The molecule has 1 aliphatic heterocycles. The smallest absolute Gasteiger partial charge is 0.151 e. The van der Waals surface area contributed by atoms with Crippen molar-refractivity contribution in [3.63, 3.8) is 0 Å². The highest BCUT2D eigenvalue weighted by atomic mass is 35.5. The Kier molecular flexibility index (Phi) is 4.60. The number of hydrogen-bond donors (Lipinski definition) is 0. The van der Waals surface area contributed by atoms with Gasteiger partial charge in [-0.3, -0.25) is 4.90 Å². The molecule has 1 aromatic rings. The van der Waals surface area contributed by atoms with Gasteiger partial charge in [-0.1, -0.05) is 23.7 Å². The maximum absolute atomic E-state index is 11.6. The number of rotatable bonds is 5. The first-order valence-electron chi connectivity index (χ1n) is 6.16. The number of aromatic nitrogens is 1. The second-order valence-corrected chi connectivity index (χ2v) is 7.38. The molecule has 2 heterocycles. The van der Waals surface area contributed by atoms with Crippen LogP contribution in [0.15, 0.2) is 31.0 Å². The van der Waals surface area contributed by atoms with Crippen LogP contribution in [0.5, 0.6) is 0 Å². The van der Waals surface area contributed by atoms with Gasteiger partial charge in [0.1, 0.15) is 5.15 Å².